The Morgan fingerprint density at radius 3 is 3.00 bits per heavy atom. The van der Waals surface area contributed by atoms with Gasteiger partial charge < -0.3 is 10.1 Å². The number of aliphatic hydroxyl groups excluding tert-OH is 1. The highest BCUT2D eigenvalue weighted by Crippen LogP contribution is 2.20. The van der Waals surface area contributed by atoms with Crippen LogP contribution in [0.3, 0.4) is 0 Å². The molecule has 2 aromatic rings. The second-order valence-corrected chi connectivity index (χ2v) is 3.84. The summed E-state index contributed by atoms with van der Waals surface area (Å²) in [7, 11) is 0. The summed E-state index contributed by atoms with van der Waals surface area (Å²) in [5.74, 6) is 0. The van der Waals surface area contributed by atoms with Crippen molar-refractivity contribution in [2.45, 2.75) is 6.61 Å². The van der Waals surface area contributed by atoms with Gasteiger partial charge in [0.05, 0.1) is 6.61 Å². The lowest BCUT2D eigenvalue weighted by molar-refractivity contribution is 0.282. The van der Waals surface area contributed by atoms with Crippen molar-refractivity contribution < 1.29 is 5.11 Å². The zero-order chi connectivity index (χ0) is 8.55. The molecule has 0 aliphatic carbocycles. The molecule has 2 rings (SSSR count). The minimum atomic E-state index is 0.108. The molecule has 1 aromatic heterocycles. The van der Waals surface area contributed by atoms with Gasteiger partial charge in [-0.15, -0.1) is 0 Å². The molecule has 0 spiro atoms. The summed E-state index contributed by atoms with van der Waals surface area (Å²) in [5.41, 5.74) is 2.08. The SMILES string of the molecule is OCc1ccc2[nH]cc(I)c2c1. The van der Waals surface area contributed by atoms with Gasteiger partial charge in [-0.2, -0.15) is 0 Å². The van der Waals surface area contributed by atoms with Crippen molar-refractivity contribution in [3.05, 3.63) is 33.5 Å². The molecule has 0 bridgehead atoms. The number of nitrogens with one attached hydrogen (secondary N) is 1. The Balaban J connectivity index is 2.71. The molecule has 3 heteroatoms. The first kappa shape index (κ1) is 8.07. The van der Waals surface area contributed by atoms with Gasteiger partial charge in [-0.3, -0.25) is 0 Å². The molecule has 1 aromatic carbocycles. The summed E-state index contributed by atoms with van der Waals surface area (Å²) in [4.78, 5) is 3.15. The average Bonchev–Trinajstić information content (AvgIpc) is 2.47. The van der Waals surface area contributed by atoms with Gasteiger partial charge in [0.2, 0.25) is 0 Å². The molecule has 62 valence electrons. The van der Waals surface area contributed by atoms with E-state index < -0.39 is 0 Å². The van der Waals surface area contributed by atoms with Crippen molar-refractivity contribution in [2.24, 2.45) is 0 Å². The molecule has 12 heavy (non-hydrogen) atoms. The summed E-state index contributed by atoms with van der Waals surface area (Å²) in [6.45, 7) is 0.108. The molecule has 0 fully saturated rings. The topological polar surface area (TPSA) is 36.0 Å². The molecule has 2 nitrogen and oxygen atoms in total. The van der Waals surface area contributed by atoms with Crippen molar-refractivity contribution >= 4 is 33.5 Å². The standard InChI is InChI=1S/C9H8INO/c10-8-4-11-9-2-1-6(5-12)3-7(8)9/h1-4,11-12H,5H2. The van der Waals surface area contributed by atoms with Gasteiger partial charge in [-0.05, 0) is 40.3 Å². The Morgan fingerprint density at radius 2 is 2.25 bits per heavy atom. The van der Waals surface area contributed by atoms with E-state index in [9.17, 15) is 0 Å². The van der Waals surface area contributed by atoms with Gasteiger partial charge in [0.15, 0.2) is 0 Å². The van der Waals surface area contributed by atoms with Crippen LogP contribution in [0.15, 0.2) is 24.4 Å². The number of fused-ring (bicyclic) bond motifs is 1. The Morgan fingerprint density at radius 1 is 1.42 bits per heavy atom. The number of aliphatic hydroxyl groups is 1. The third-order valence-corrected chi connectivity index (χ3v) is 2.77. The molecule has 0 aliphatic heterocycles. The van der Waals surface area contributed by atoms with Crippen LogP contribution in [0.25, 0.3) is 10.9 Å². The van der Waals surface area contributed by atoms with E-state index in [1.54, 1.807) is 0 Å². The van der Waals surface area contributed by atoms with E-state index in [2.05, 4.69) is 27.6 Å². The maximum atomic E-state index is 8.91. The highest BCUT2D eigenvalue weighted by molar-refractivity contribution is 14.1. The van der Waals surface area contributed by atoms with E-state index in [-0.39, 0.29) is 6.61 Å². The first-order chi connectivity index (χ1) is 5.81. The van der Waals surface area contributed by atoms with Gasteiger partial charge in [0.1, 0.15) is 0 Å². The third kappa shape index (κ3) is 1.23. The van der Waals surface area contributed by atoms with Crippen LogP contribution in [-0.4, -0.2) is 10.1 Å². The highest BCUT2D eigenvalue weighted by Gasteiger charge is 2.00. The molecule has 0 saturated carbocycles. The Bertz CT molecular complexity index is 408. The molecule has 0 aliphatic rings. The zero-order valence-corrected chi connectivity index (χ0v) is 8.50. The fourth-order valence-corrected chi connectivity index (χ4v) is 1.83. The molecule has 0 atom stereocenters. The second-order valence-electron chi connectivity index (χ2n) is 2.67. The first-order valence-electron chi connectivity index (χ1n) is 3.67. The smallest absolute Gasteiger partial charge is 0.0682 e. The minimum Gasteiger partial charge on any atom is -0.392 e. The summed E-state index contributed by atoms with van der Waals surface area (Å²) in [5, 5.41) is 10.1. The highest BCUT2D eigenvalue weighted by atomic mass is 127. The number of aromatic amines is 1. The zero-order valence-electron chi connectivity index (χ0n) is 6.34. The van der Waals surface area contributed by atoms with Crippen LogP contribution in [0, 0.1) is 3.57 Å². The van der Waals surface area contributed by atoms with Crippen LogP contribution in [0.1, 0.15) is 5.56 Å². The number of halogens is 1. The lowest BCUT2D eigenvalue weighted by atomic mass is 10.2. The summed E-state index contributed by atoms with van der Waals surface area (Å²) >= 11 is 2.27. The van der Waals surface area contributed by atoms with E-state index in [4.69, 9.17) is 5.11 Å². The van der Waals surface area contributed by atoms with Crippen LogP contribution in [0.4, 0.5) is 0 Å². The number of H-pyrrole nitrogens is 1. The van der Waals surface area contributed by atoms with E-state index in [1.165, 1.54) is 8.96 Å². The Hall–Kier alpha value is -0.550. The molecule has 0 radical (unpaired) electrons. The van der Waals surface area contributed by atoms with Crippen molar-refractivity contribution in [3.63, 3.8) is 0 Å². The van der Waals surface area contributed by atoms with Gasteiger partial charge in [0.25, 0.3) is 0 Å². The maximum Gasteiger partial charge on any atom is 0.0682 e. The number of hydrogen-bond donors (Lipinski definition) is 2. The monoisotopic (exact) mass is 273 g/mol. The van der Waals surface area contributed by atoms with Crippen molar-refractivity contribution in [3.8, 4) is 0 Å². The van der Waals surface area contributed by atoms with E-state index in [0.29, 0.717) is 0 Å². The molecule has 0 saturated heterocycles. The first-order valence-corrected chi connectivity index (χ1v) is 4.75. The van der Waals surface area contributed by atoms with E-state index in [1.807, 2.05) is 24.4 Å². The number of rotatable bonds is 1. The van der Waals surface area contributed by atoms with Crippen LogP contribution < -0.4 is 0 Å². The van der Waals surface area contributed by atoms with Crippen molar-refractivity contribution in [1.82, 2.24) is 4.98 Å². The summed E-state index contributed by atoms with van der Waals surface area (Å²) in [6.07, 6.45) is 1.96. The average molecular weight is 273 g/mol. The Kier molecular flexibility index (Phi) is 2.06. The Labute approximate surface area is 83.7 Å². The van der Waals surface area contributed by atoms with Gasteiger partial charge >= 0.3 is 0 Å². The van der Waals surface area contributed by atoms with Gasteiger partial charge in [0, 0.05) is 20.7 Å². The van der Waals surface area contributed by atoms with Crippen LogP contribution >= 0.6 is 22.6 Å². The molecular weight excluding hydrogens is 265 g/mol. The predicted molar refractivity (Wildman–Crippen MR) is 56.9 cm³/mol. The number of hydrogen-bond acceptors (Lipinski definition) is 1. The lowest BCUT2D eigenvalue weighted by Gasteiger charge is -1.95. The number of aromatic nitrogens is 1. The minimum absolute atomic E-state index is 0.108. The third-order valence-electron chi connectivity index (χ3n) is 1.88. The van der Waals surface area contributed by atoms with Crippen molar-refractivity contribution in [2.75, 3.05) is 0 Å². The maximum absolute atomic E-state index is 8.91. The molecule has 0 unspecified atom stereocenters. The largest absolute Gasteiger partial charge is 0.392 e. The second kappa shape index (κ2) is 3.06. The van der Waals surface area contributed by atoms with Crippen molar-refractivity contribution in [1.29, 1.82) is 0 Å². The molecule has 1 heterocycles. The van der Waals surface area contributed by atoms with Crippen LogP contribution in [0.2, 0.25) is 0 Å². The fourth-order valence-electron chi connectivity index (χ4n) is 1.23. The molecule has 0 amide bonds. The normalized spacial score (nSPS) is 10.8. The van der Waals surface area contributed by atoms with E-state index >= 15 is 0 Å². The molecule has 2 N–H and O–H groups in total. The fraction of sp³-hybridized carbons (Fsp3) is 0.111. The summed E-state index contributed by atoms with van der Waals surface area (Å²) in [6, 6.07) is 5.92. The van der Waals surface area contributed by atoms with Crippen LogP contribution in [0.5, 0.6) is 0 Å². The summed E-state index contributed by atoms with van der Waals surface area (Å²) < 4.78 is 1.19. The van der Waals surface area contributed by atoms with Gasteiger partial charge in [-0.1, -0.05) is 6.07 Å². The lowest BCUT2D eigenvalue weighted by Crippen LogP contribution is -1.81. The quantitative estimate of drug-likeness (QED) is 0.768. The van der Waals surface area contributed by atoms with Gasteiger partial charge in [-0.25, -0.2) is 0 Å². The molecular formula is C9H8INO. The van der Waals surface area contributed by atoms with E-state index in [0.717, 1.165) is 11.1 Å². The predicted octanol–water partition coefficient (Wildman–Crippen LogP) is 2.26. The number of benzene rings is 1. The van der Waals surface area contributed by atoms with Crippen LogP contribution in [-0.2, 0) is 6.61 Å².